The number of hydrogen-bond acceptors (Lipinski definition) is 5. The summed E-state index contributed by atoms with van der Waals surface area (Å²) >= 11 is 0. The number of anilines is 3. The van der Waals surface area contributed by atoms with Crippen molar-refractivity contribution < 1.29 is 18.0 Å². The van der Waals surface area contributed by atoms with Crippen LogP contribution < -0.4 is 10.6 Å². The Bertz CT molecular complexity index is 1330. The van der Waals surface area contributed by atoms with Crippen molar-refractivity contribution in [3.8, 4) is 11.5 Å². The zero-order valence-electron chi connectivity index (χ0n) is 18.1. The maximum atomic E-state index is 14.4. The Balaban J connectivity index is 0.00000324. The minimum atomic E-state index is -1.03. The maximum absolute atomic E-state index is 14.4. The van der Waals surface area contributed by atoms with E-state index in [1.54, 1.807) is 24.5 Å². The highest BCUT2D eigenvalue weighted by atomic mass is 35.5. The van der Waals surface area contributed by atoms with E-state index in [2.05, 4.69) is 25.8 Å². The number of amides is 1. The van der Waals surface area contributed by atoms with E-state index in [0.29, 0.717) is 17.2 Å². The highest BCUT2D eigenvalue weighted by Crippen LogP contribution is 2.23. The molecular weight excluding hydrogens is 469 g/mol. The fourth-order valence-corrected chi connectivity index (χ4v) is 3.13. The molecule has 0 spiro atoms. The Kier molecular flexibility index (Phi) is 7.52. The van der Waals surface area contributed by atoms with Gasteiger partial charge in [0.05, 0.1) is 5.56 Å². The standard InChI is InChI=1S/C23H19F3N6O.ClH/c1-13(2)32-12-27-31-22(32)20-4-3-5-21(29-20)30-23(33)16-10-14(6-8-17(16)24)28-15-7-9-18(25)19(26)11-15;/h3-13,28H,1-2H3,(H,29,30,33);1H. The van der Waals surface area contributed by atoms with Gasteiger partial charge < -0.3 is 15.2 Å². The van der Waals surface area contributed by atoms with Crippen LogP contribution in [0, 0.1) is 17.5 Å². The lowest BCUT2D eigenvalue weighted by Crippen LogP contribution is -2.15. The molecule has 2 aromatic heterocycles. The molecule has 7 nitrogen and oxygen atoms in total. The second-order valence-corrected chi connectivity index (χ2v) is 7.47. The zero-order chi connectivity index (χ0) is 23.5. The first-order chi connectivity index (χ1) is 15.8. The summed E-state index contributed by atoms with van der Waals surface area (Å²) in [5.74, 6) is -2.75. The van der Waals surface area contributed by atoms with Crippen LogP contribution in [-0.4, -0.2) is 25.7 Å². The number of carbonyl (C=O) groups excluding carboxylic acids is 1. The summed E-state index contributed by atoms with van der Waals surface area (Å²) in [6.07, 6.45) is 1.59. The number of halogens is 4. The molecule has 4 rings (SSSR count). The second-order valence-electron chi connectivity index (χ2n) is 7.47. The van der Waals surface area contributed by atoms with Gasteiger partial charge in [-0.15, -0.1) is 22.6 Å². The monoisotopic (exact) mass is 488 g/mol. The molecule has 0 aliphatic rings. The van der Waals surface area contributed by atoms with Crippen molar-refractivity contribution in [3.05, 3.63) is 83.9 Å². The Morgan fingerprint density at radius 1 is 0.941 bits per heavy atom. The van der Waals surface area contributed by atoms with Crippen LogP contribution in [0.4, 0.5) is 30.4 Å². The number of nitrogens with one attached hydrogen (secondary N) is 2. The third kappa shape index (κ3) is 5.34. The van der Waals surface area contributed by atoms with E-state index in [0.717, 1.165) is 18.2 Å². The summed E-state index contributed by atoms with van der Waals surface area (Å²) in [6, 6.07) is 12.1. The Labute approximate surface area is 199 Å². The van der Waals surface area contributed by atoms with Crippen LogP contribution in [0.1, 0.15) is 30.2 Å². The van der Waals surface area contributed by atoms with Gasteiger partial charge in [-0.2, -0.15) is 0 Å². The van der Waals surface area contributed by atoms with Crippen molar-refractivity contribution in [2.24, 2.45) is 0 Å². The SMILES string of the molecule is CC(C)n1cnnc1-c1cccc(NC(=O)c2cc(Nc3ccc(F)c(F)c3)ccc2F)n1.Cl. The van der Waals surface area contributed by atoms with Gasteiger partial charge in [-0.25, -0.2) is 18.2 Å². The molecular formula is C23H20ClF3N6O. The highest BCUT2D eigenvalue weighted by Gasteiger charge is 2.16. The van der Waals surface area contributed by atoms with Crippen LogP contribution in [0.15, 0.2) is 60.9 Å². The first kappa shape index (κ1) is 24.7. The quantitative estimate of drug-likeness (QED) is 0.360. The van der Waals surface area contributed by atoms with E-state index in [-0.39, 0.29) is 35.5 Å². The number of hydrogen-bond donors (Lipinski definition) is 2. The van der Waals surface area contributed by atoms with Gasteiger partial charge in [0.15, 0.2) is 17.5 Å². The number of benzene rings is 2. The van der Waals surface area contributed by atoms with E-state index in [4.69, 9.17) is 0 Å². The van der Waals surface area contributed by atoms with E-state index in [1.165, 1.54) is 18.2 Å². The maximum Gasteiger partial charge on any atom is 0.259 e. The topological polar surface area (TPSA) is 84.7 Å². The lowest BCUT2D eigenvalue weighted by Gasteiger charge is -2.12. The van der Waals surface area contributed by atoms with Crippen molar-refractivity contribution in [1.29, 1.82) is 0 Å². The molecule has 11 heteroatoms. The van der Waals surface area contributed by atoms with Crippen LogP contribution >= 0.6 is 12.4 Å². The van der Waals surface area contributed by atoms with Crippen LogP contribution in [0.5, 0.6) is 0 Å². The lowest BCUT2D eigenvalue weighted by atomic mass is 10.1. The molecule has 176 valence electrons. The van der Waals surface area contributed by atoms with E-state index in [9.17, 15) is 18.0 Å². The normalized spacial score (nSPS) is 10.6. The molecule has 0 saturated heterocycles. The Morgan fingerprint density at radius 3 is 2.35 bits per heavy atom. The fourth-order valence-electron chi connectivity index (χ4n) is 3.13. The van der Waals surface area contributed by atoms with E-state index < -0.39 is 23.4 Å². The highest BCUT2D eigenvalue weighted by molar-refractivity contribution is 6.04. The first-order valence-electron chi connectivity index (χ1n) is 10.0. The van der Waals surface area contributed by atoms with Crippen molar-refractivity contribution in [1.82, 2.24) is 19.7 Å². The summed E-state index contributed by atoms with van der Waals surface area (Å²) in [4.78, 5) is 17.1. The van der Waals surface area contributed by atoms with Gasteiger partial charge in [0.1, 0.15) is 23.7 Å². The minimum Gasteiger partial charge on any atom is -0.355 e. The Morgan fingerprint density at radius 2 is 1.65 bits per heavy atom. The fraction of sp³-hybridized carbons (Fsp3) is 0.130. The molecule has 2 heterocycles. The molecule has 0 atom stereocenters. The van der Waals surface area contributed by atoms with Crippen molar-refractivity contribution in [3.63, 3.8) is 0 Å². The van der Waals surface area contributed by atoms with Gasteiger partial charge in [-0.3, -0.25) is 4.79 Å². The van der Waals surface area contributed by atoms with Crippen LogP contribution in [0.2, 0.25) is 0 Å². The summed E-state index contributed by atoms with van der Waals surface area (Å²) in [6.45, 7) is 3.95. The molecule has 0 unspecified atom stereocenters. The average molecular weight is 489 g/mol. The number of pyridine rings is 1. The largest absolute Gasteiger partial charge is 0.355 e. The number of aromatic nitrogens is 4. The molecule has 2 aromatic carbocycles. The zero-order valence-corrected chi connectivity index (χ0v) is 18.9. The van der Waals surface area contributed by atoms with Gasteiger partial charge in [0, 0.05) is 23.5 Å². The minimum absolute atomic E-state index is 0. The van der Waals surface area contributed by atoms with E-state index >= 15 is 0 Å². The molecule has 4 aromatic rings. The average Bonchev–Trinajstić information content (AvgIpc) is 3.28. The number of nitrogens with zero attached hydrogens (tertiary/aromatic N) is 4. The number of rotatable bonds is 6. The molecule has 2 N–H and O–H groups in total. The van der Waals surface area contributed by atoms with Crippen molar-refractivity contribution in [2.45, 2.75) is 19.9 Å². The molecule has 0 aliphatic heterocycles. The van der Waals surface area contributed by atoms with Crippen molar-refractivity contribution in [2.75, 3.05) is 10.6 Å². The molecule has 1 amide bonds. The summed E-state index contributed by atoms with van der Waals surface area (Å²) in [7, 11) is 0. The van der Waals surface area contributed by atoms with Gasteiger partial charge in [0.25, 0.3) is 5.91 Å². The molecule has 0 aliphatic carbocycles. The summed E-state index contributed by atoms with van der Waals surface area (Å²) in [5, 5.41) is 13.4. The number of carbonyl (C=O) groups is 1. The van der Waals surface area contributed by atoms with E-state index in [1.807, 2.05) is 18.4 Å². The summed E-state index contributed by atoms with van der Waals surface area (Å²) in [5.41, 5.74) is 0.808. The second kappa shape index (κ2) is 10.3. The predicted molar refractivity (Wildman–Crippen MR) is 125 cm³/mol. The third-order valence-electron chi connectivity index (χ3n) is 4.77. The molecule has 0 radical (unpaired) electrons. The summed E-state index contributed by atoms with van der Waals surface area (Å²) < 4.78 is 42.8. The van der Waals surface area contributed by atoms with Gasteiger partial charge >= 0.3 is 0 Å². The van der Waals surface area contributed by atoms with Crippen LogP contribution in [-0.2, 0) is 0 Å². The van der Waals surface area contributed by atoms with Crippen LogP contribution in [0.3, 0.4) is 0 Å². The van der Waals surface area contributed by atoms with Gasteiger partial charge in [-0.1, -0.05) is 6.07 Å². The molecule has 34 heavy (non-hydrogen) atoms. The molecule has 0 bridgehead atoms. The lowest BCUT2D eigenvalue weighted by molar-refractivity contribution is 0.102. The third-order valence-corrected chi connectivity index (χ3v) is 4.77. The first-order valence-corrected chi connectivity index (χ1v) is 10.0. The van der Waals surface area contributed by atoms with Gasteiger partial charge in [-0.05, 0) is 56.3 Å². The van der Waals surface area contributed by atoms with Crippen LogP contribution in [0.25, 0.3) is 11.5 Å². The smallest absolute Gasteiger partial charge is 0.259 e. The Hall–Kier alpha value is -3.92. The van der Waals surface area contributed by atoms with Crippen molar-refractivity contribution >= 4 is 35.5 Å². The van der Waals surface area contributed by atoms with Gasteiger partial charge in [0.2, 0.25) is 0 Å². The predicted octanol–water partition coefficient (Wildman–Crippen LogP) is 5.76. The molecule has 0 fully saturated rings. The molecule has 0 saturated carbocycles.